The molecule has 0 unspecified atom stereocenters. The molecule has 1 saturated carbocycles. The maximum Gasteiger partial charge on any atom is 0.279 e. The molecule has 0 bridgehead atoms. The topological polar surface area (TPSA) is 104 Å². The minimum absolute atomic E-state index is 0.0659. The van der Waals surface area contributed by atoms with E-state index < -0.39 is 10.0 Å². The third kappa shape index (κ3) is 5.79. The van der Waals surface area contributed by atoms with Crippen molar-refractivity contribution < 1.29 is 18.0 Å². The fraction of sp³-hybridized carbons (Fsp3) is 0.368. The van der Waals surface area contributed by atoms with Crippen LogP contribution in [0.4, 0.5) is 0 Å². The molecule has 0 aliphatic heterocycles. The van der Waals surface area contributed by atoms with E-state index in [1.54, 1.807) is 29.6 Å². The van der Waals surface area contributed by atoms with Crippen LogP contribution in [0, 0.1) is 11.8 Å². The van der Waals surface area contributed by atoms with Crippen LogP contribution in [0.25, 0.3) is 0 Å². The molecule has 0 atom stereocenters. The lowest BCUT2D eigenvalue weighted by atomic mass is 9.82. The van der Waals surface area contributed by atoms with Gasteiger partial charge < -0.3 is 0 Å². The van der Waals surface area contributed by atoms with Crippen molar-refractivity contribution in [3.05, 3.63) is 51.7 Å². The summed E-state index contributed by atoms with van der Waals surface area (Å²) in [6, 6.07) is 9.76. The van der Waals surface area contributed by atoms with Gasteiger partial charge in [-0.1, -0.05) is 29.8 Å². The average molecular weight is 456 g/mol. The largest absolute Gasteiger partial charge is 0.279 e. The van der Waals surface area contributed by atoms with Crippen molar-refractivity contribution in [1.29, 1.82) is 0 Å². The Morgan fingerprint density at radius 3 is 2.41 bits per heavy atom. The van der Waals surface area contributed by atoms with Gasteiger partial charge in [0.1, 0.15) is 4.90 Å². The van der Waals surface area contributed by atoms with Crippen LogP contribution < -0.4 is 15.6 Å². The van der Waals surface area contributed by atoms with E-state index in [1.165, 1.54) is 23.5 Å². The zero-order valence-electron chi connectivity index (χ0n) is 15.6. The van der Waals surface area contributed by atoms with Crippen LogP contribution >= 0.6 is 22.9 Å². The molecule has 1 aliphatic carbocycles. The maximum atomic E-state index is 12.4. The molecule has 0 radical (unpaired) electrons. The Bertz CT molecular complexity index is 956. The third-order valence-corrected chi connectivity index (χ3v) is 7.74. The molecule has 7 nitrogen and oxygen atoms in total. The van der Waals surface area contributed by atoms with Gasteiger partial charge in [-0.15, -0.1) is 11.3 Å². The number of hydrogen-bond donors (Lipinski definition) is 3. The van der Waals surface area contributed by atoms with E-state index in [0.717, 1.165) is 12.8 Å². The first-order chi connectivity index (χ1) is 13.9. The van der Waals surface area contributed by atoms with E-state index in [0.29, 0.717) is 24.3 Å². The molecule has 3 rings (SSSR count). The lowest BCUT2D eigenvalue weighted by Crippen LogP contribution is -2.45. The van der Waals surface area contributed by atoms with Crippen LogP contribution in [-0.4, -0.2) is 26.8 Å². The van der Waals surface area contributed by atoms with Gasteiger partial charge in [0.2, 0.25) is 15.9 Å². The van der Waals surface area contributed by atoms with Crippen LogP contribution in [-0.2, 0) is 14.8 Å². The molecule has 1 aliphatic rings. The Morgan fingerprint density at radius 2 is 1.76 bits per heavy atom. The highest BCUT2D eigenvalue weighted by Crippen LogP contribution is 2.29. The molecule has 1 heterocycles. The fourth-order valence-electron chi connectivity index (χ4n) is 3.29. The summed E-state index contributed by atoms with van der Waals surface area (Å²) < 4.78 is 27.4. The van der Waals surface area contributed by atoms with Gasteiger partial charge in [0.25, 0.3) is 5.91 Å². The number of carbonyl (C=O) groups excluding carboxylic acids is 2. The van der Waals surface area contributed by atoms with E-state index in [9.17, 15) is 18.0 Å². The van der Waals surface area contributed by atoms with E-state index in [-0.39, 0.29) is 33.6 Å². The van der Waals surface area contributed by atoms with Crippen molar-refractivity contribution in [1.82, 2.24) is 15.6 Å². The number of halogens is 1. The van der Waals surface area contributed by atoms with E-state index in [4.69, 9.17) is 11.6 Å². The zero-order chi connectivity index (χ0) is 20.9. The summed E-state index contributed by atoms with van der Waals surface area (Å²) in [4.78, 5) is 24.7. The van der Waals surface area contributed by atoms with Gasteiger partial charge in [-0.05, 0) is 55.2 Å². The number of nitrogens with one attached hydrogen (secondary N) is 3. The van der Waals surface area contributed by atoms with Crippen molar-refractivity contribution in [3.63, 3.8) is 0 Å². The molecule has 2 aromatic rings. The van der Waals surface area contributed by atoms with Gasteiger partial charge in [-0.25, -0.2) is 13.1 Å². The van der Waals surface area contributed by atoms with Gasteiger partial charge in [0.05, 0.1) is 9.90 Å². The molecule has 1 aromatic carbocycles. The summed E-state index contributed by atoms with van der Waals surface area (Å²) in [6.45, 7) is 0.303. The number of hydrogen-bond acceptors (Lipinski definition) is 5. The lowest BCUT2D eigenvalue weighted by molar-refractivity contribution is -0.127. The summed E-state index contributed by atoms with van der Waals surface area (Å²) in [6.07, 6.45) is 2.72. The van der Waals surface area contributed by atoms with Crippen LogP contribution in [0.2, 0.25) is 5.02 Å². The predicted molar refractivity (Wildman–Crippen MR) is 112 cm³/mol. The number of sulfonamides is 1. The molecule has 156 valence electrons. The van der Waals surface area contributed by atoms with E-state index in [1.807, 2.05) is 0 Å². The Kier molecular flexibility index (Phi) is 7.28. The Morgan fingerprint density at radius 1 is 1.03 bits per heavy atom. The highest BCUT2D eigenvalue weighted by molar-refractivity contribution is 7.89. The molecule has 29 heavy (non-hydrogen) atoms. The molecule has 3 N–H and O–H groups in total. The Labute approximate surface area is 178 Å². The minimum Gasteiger partial charge on any atom is -0.273 e. The lowest BCUT2D eigenvalue weighted by Gasteiger charge is -2.27. The second-order valence-electron chi connectivity index (χ2n) is 6.92. The highest BCUT2D eigenvalue weighted by Gasteiger charge is 2.28. The number of amides is 2. The van der Waals surface area contributed by atoms with Crippen molar-refractivity contribution >= 4 is 44.8 Å². The smallest absolute Gasteiger partial charge is 0.273 e. The monoisotopic (exact) mass is 455 g/mol. The summed E-state index contributed by atoms with van der Waals surface area (Å²) >= 11 is 7.27. The predicted octanol–water partition coefficient (Wildman–Crippen LogP) is 2.95. The fourth-order valence-corrected chi connectivity index (χ4v) is 5.54. The van der Waals surface area contributed by atoms with E-state index in [2.05, 4.69) is 15.6 Å². The van der Waals surface area contributed by atoms with Gasteiger partial charge in [-0.3, -0.25) is 20.4 Å². The number of rotatable bonds is 6. The average Bonchev–Trinajstić information content (AvgIpc) is 3.26. The first kappa shape index (κ1) is 21.8. The molecule has 1 fully saturated rings. The van der Waals surface area contributed by atoms with Crippen molar-refractivity contribution in [2.45, 2.75) is 30.6 Å². The van der Waals surface area contributed by atoms with Gasteiger partial charge in [0.15, 0.2) is 0 Å². The first-order valence-electron chi connectivity index (χ1n) is 9.24. The number of carbonyl (C=O) groups is 2. The molecule has 0 spiro atoms. The molecular weight excluding hydrogens is 434 g/mol. The summed E-state index contributed by atoms with van der Waals surface area (Å²) in [5.41, 5.74) is 4.91. The Hall–Kier alpha value is -1.94. The number of hydrazine groups is 1. The molecular formula is C19H22ClN3O4S2. The summed E-state index contributed by atoms with van der Waals surface area (Å²) in [7, 11) is -3.67. The van der Waals surface area contributed by atoms with Crippen molar-refractivity contribution in [2.75, 3.05) is 6.54 Å². The second-order valence-corrected chi connectivity index (χ2v) is 10.0. The molecule has 2 amide bonds. The maximum absolute atomic E-state index is 12.4. The van der Waals surface area contributed by atoms with Gasteiger partial charge in [0, 0.05) is 12.5 Å². The first-order valence-corrected chi connectivity index (χ1v) is 12.0. The standard InChI is InChI=1S/C19H22ClN3O4S2/c20-15-4-1-2-6-17(15)29(26,27)21-12-13-7-9-14(10-8-13)18(24)22-23-19(25)16-5-3-11-28-16/h1-6,11,13-14,21H,7-10,12H2,(H,22,24)(H,23,25). The van der Waals surface area contributed by atoms with Crippen molar-refractivity contribution in [3.8, 4) is 0 Å². The molecule has 1 aromatic heterocycles. The third-order valence-electron chi connectivity index (χ3n) is 4.95. The normalized spacial score (nSPS) is 19.5. The van der Waals surface area contributed by atoms with Crippen LogP contribution in [0.1, 0.15) is 35.4 Å². The quantitative estimate of drug-likeness (QED) is 0.582. The zero-order valence-corrected chi connectivity index (χ0v) is 17.9. The van der Waals surface area contributed by atoms with Crippen LogP contribution in [0.3, 0.4) is 0 Å². The minimum atomic E-state index is -3.67. The SMILES string of the molecule is O=C(NNC(=O)C1CCC(CNS(=O)(=O)c2ccccc2Cl)CC1)c1cccs1. The molecule has 0 saturated heterocycles. The molecule has 10 heteroatoms. The van der Waals surface area contributed by atoms with Crippen LogP contribution in [0.15, 0.2) is 46.7 Å². The summed E-state index contributed by atoms with van der Waals surface area (Å²) in [5, 5.41) is 1.97. The highest BCUT2D eigenvalue weighted by atomic mass is 35.5. The summed E-state index contributed by atoms with van der Waals surface area (Å²) in [5.74, 6) is -0.604. The second kappa shape index (κ2) is 9.71. The van der Waals surface area contributed by atoms with E-state index >= 15 is 0 Å². The van der Waals surface area contributed by atoms with Crippen LogP contribution in [0.5, 0.6) is 0 Å². The van der Waals surface area contributed by atoms with Gasteiger partial charge in [-0.2, -0.15) is 0 Å². The number of thiophene rings is 1. The van der Waals surface area contributed by atoms with Gasteiger partial charge >= 0.3 is 0 Å². The number of benzene rings is 1. The van der Waals surface area contributed by atoms with Crippen molar-refractivity contribution in [2.24, 2.45) is 11.8 Å². The Balaban J connectivity index is 1.42.